The molecule has 118 valence electrons. The Hall–Kier alpha value is -1.26. The number of benzene rings is 1. The molecule has 0 bridgehead atoms. The third-order valence-electron chi connectivity index (χ3n) is 4.50. The van der Waals surface area contributed by atoms with Crippen LogP contribution in [0, 0.1) is 5.92 Å². The van der Waals surface area contributed by atoms with Crippen molar-refractivity contribution in [1.29, 1.82) is 0 Å². The fourth-order valence-corrected chi connectivity index (χ4v) is 3.66. The van der Waals surface area contributed by atoms with Crippen LogP contribution >= 0.6 is 23.2 Å². The van der Waals surface area contributed by atoms with Crippen molar-refractivity contribution in [2.75, 3.05) is 11.9 Å². The SMILES string of the molecule is O=C(Nc1cccc(Cl)c1Cl)[C@H]1CC(=O)N(C2CCCC2)C1. The number of likely N-dealkylation sites (tertiary alicyclic amines) is 1. The number of carbonyl (C=O) groups excluding carboxylic acids is 2. The minimum atomic E-state index is -0.317. The zero-order valence-electron chi connectivity index (χ0n) is 12.1. The Morgan fingerprint density at radius 1 is 1.23 bits per heavy atom. The normalized spacial score (nSPS) is 22.4. The van der Waals surface area contributed by atoms with Crippen LogP contribution in [0.5, 0.6) is 0 Å². The number of rotatable bonds is 3. The maximum Gasteiger partial charge on any atom is 0.229 e. The molecule has 1 N–H and O–H groups in total. The van der Waals surface area contributed by atoms with E-state index in [1.54, 1.807) is 18.2 Å². The van der Waals surface area contributed by atoms with Crippen LogP contribution in [0.4, 0.5) is 5.69 Å². The number of halogens is 2. The van der Waals surface area contributed by atoms with Crippen LogP contribution in [-0.2, 0) is 9.59 Å². The van der Waals surface area contributed by atoms with Crippen LogP contribution in [0.1, 0.15) is 32.1 Å². The first kappa shape index (κ1) is 15.6. The van der Waals surface area contributed by atoms with Crippen LogP contribution in [0.25, 0.3) is 0 Å². The quantitative estimate of drug-likeness (QED) is 0.911. The van der Waals surface area contributed by atoms with E-state index in [0.717, 1.165) is 12.8 Å². The van der Waals surface area contributed by atoms with Crippen LogP contribution in [0.15, 0.2) is 18.2 Å². The van der Waals surface area contributed by atoms with Gasteiger partial charge in [0.1, 0.15) is 0 Å². The minimum absolute atomic E-state index is 0.0873. The topological polar surface area (TPSA) is 49.4 Å². The van der Waals surface area contributed by atoms with Gasteiger partial charge in [0.05, 0.1) is 21.7 Å². The number of hydrogen-bond donors (Lipinski definition) is 1. The summed E-state index contributed by atoms with van der Waals surface area (Å²) in [7, 11) is 0. The highest BCUT2D eigenvalue weighted by Crippen LogP contribution is 2.32. The molecular formula is C16H18Cl2N2O2. The molecule has 3 rings (SSSR count). The zero-order valence-corrected chi connectivity index (χ0v) is 13.7. The third kappa shape index (κ3) is 3.08. The third-order valence-corrected chi connectivity index (χ3v) is 5.32. The van der Waals surface area contributed by atoms with E-state index in [1.807, 2.05) is 4.90 Å². The Morgan fingerprint density at radius 2 is 1.95 bits per heavy atom. The molecule has 0 aromatic heterocycles. The first-order valence-corrected chi connectivity index (χ1v) is 8.36. The zero-order chi connectivity index (χ0) is 15.7. The van der Waals surface area contributed by atoms with Gasteiger partial charge >= 0.3 is 0 Å². The van der Waals surface area contributed by atoms with E-state index in [2.05, 4.69) is 5.32 Å². The molecule has 2 fully saturated rings. The van der Waals surface area contributed by atoms with E-state index in [0.29, 0.717) is 28.3 Å². The van der Waals surface area contributed by atoms with Crippen molar-refractivity contribution in [2.24, 2.45) is 5.92 Å². The van der Waals surface area contributed by atoms with E-state index in [9.17, 15) is 9.59 Å². The lowest BCUT2D eigenvalue weighted by Gasteiger charge is -2.23. The summed E-state index contributed by atoms with van der Waals surface area (Å²) in [6, 6.07) is 5.42. The standard InChI is InChI=1S/C16H18Cl2N2O2/c17-12-6-3-7-13(15(12)18)19-16(22)10-8-14(21)20(9-10)11-4-1-2-5-11/h3,6-7,10-11H,1-2,4-5,8-9H2,(H,19,22)/t10-/m0/s1. The molecule has 1 aliphatic carbocycles. The average molecular weight is 341 g/mol. The van der Waals surface area contributed by atoms with Gasteiger partial charge in [-0.05, 0) is 25.0 Å². The lowest BCUT2D eigenvalue weighted by molar-refractivity contribution is -0.129. The fourth-order valence-electron chi connectivity index (χ4n) is 3.31. The van der Waals surface area contributed by atoms with Gasteiger partial charge in [0, 0.05) is 19.0 Å². The first-order valence-electron chi connectivity index (χ1n) is 7.60. The van der Waals surface area contributed by atoms with E-state index in [-0.39, 0.29) is 24.2 Å². The molecule has 1 heterocycles. The van der Waals surface area contributed by atoms with Gasteiger partial charge in [-0.25, -0.2) is 0 Å². The molecule has 22 heavy (non-hydrogen) atoms. The molecule has 2 aliphatic rings. The predicted molar refractivity (Wildman–Crippen MR) is 87.2 cm³/mol. The molecule has 6 heteroatoms. The molecule has 1 aromatic carbocycles. The van der Waals surface area contributed by atoms with Crippen LogP contribution in [-0.4, -0.2) is 29.3 Å². The van der Waals surface area contributed by atoms with Gasteiger partial charge in [0.2, 0.25) is 11.8 Å². The van der Waals surface area contributed by atoms with Crippen molar-refractivity contribution in [3.63, 3.8) is 0 Å². The highest BCUT2D eigenvalue weighted by Gasteiger charge is 2.38. The van der Waals surface area contributed by atoms with Gasteiger partial charge in [0.15, 0.2) is 0 Å². The lowest BCUT2D eigenvalue weighted by atomic mass is 10.1. The van der Waals surface area contributed by atoms with Gasteiger partial charge in [0.25, 0.3) is 0 Å². The molecule has 1 saturated carbocycles. The number of carbonyl (C=O) groups is 2. The number of nitrogens with zero attached hydrogens (tertiary/aromatic N) is 1. The summed E-state index contributed by atoms with van der Waals surface area (Å²) in [6.45, 7) is 0.507. The van der Waals surface area contributed by atoms with Crippen LogP contribution in [0.3, 0.4) is 0 Å². The van der Waals surface area contributed by atoms with Gasteiger partial charge in [-0.15, -0.1) is 0 Å². The molecule has 1 aromatic rings. The Morgan fingerprint density at radius 3 is 2.68 bits per heavy atom. The molecule has 1 aliphatic heterocycles. The van der Waals surface area contributed by atoms with E-state index >= 15 is 0 Å². The largest absolute Gasteiger partial charge is 0.339 e. The van der Waals surface area contributed by atoms with Crippen molar-refractivity contribution >= 4 is 40.7 Å². The summed E-state index contributed by atoms with van der Waals surface area (Å²) in [6.07, 6.45) is 4.73. The van der Waals surface area contributed by atoms with Gasteiger partial charge in [-0.3, -0.25) is 9.59 Å². The first-order chi connectivity index (χ1) is 10.6. The predicted octanol–water partition coefficient (Wildman–Crippen LogP) is 3.72. The monoisotopic (exact) mass is 340 g/mol. The Labute approximate surface area is 139 Å². The van der Waals surface area contributed by atoms with E-state index in [1.165, 1.54) is 12.8 Å². The summed E-state index contributed by atoms with van der Waals surface area (Å²) >= 11 is 12.0. The number of nitrogens with one attached hydrogen (secondary N) is 1. The smallest absolute Gasteiger partial charge is 0.229 e. The summed E-state index contributed by atoms with van der Waals surface area (Å²) < 4.78 is 0. The van der Waals surface area contributed by atoms with Crippen molar-refractivity contribution in [3.05, 3.63) is 28.2 Å². The fraction of sp³-hybridized carbons (Fsp3) is 0.500. The van der Waals surface area contributed by atoms with Gasteiger partial charge < -0.3 is 10.2 Å². The second-order valence-corrected chi connectivity index (χ2v) is 6.76. The molecule has 4 nitrogen and oxygen atoms in total. The summed E-state index contributed by atoms with van der Waals surface area (Å²) in [4.78, 5) is 26.4. The van der Waals surface area contributed by atoms with E-state index < -0.39 is 0 Å². The van der Waals surface area contributed by atoms with E-state index in [4.69, 9.17) is 23.2 Å². The maximum absolute atomic E-state index is 12.4. The van der Waals surface area contributed by atoms with Gasteiger partial charge in [-0.2, -0.15) is 0 Å². The van der Waals surface area contributed by atoms with Crippen molar-refractivity contribution in [2.45, 2.75) is 38.1 Å². The molecule has 1 saturated heterocycles. The highest BCUT2D eigenvalue weighted by atomic mass is 35.5. The average Bonchev–Trinajstić information content (AvgIpc) is 3.12. The molecular weight excluding hydrogens is 323 g/mol. The number of anilines is 1. The minimum Gasteiger partial charge on any atom is -0.339 e. The Bertz CT molecular complexity index is 600. The second kappa shape index (κ2) is 6.47. The number of hydrogen-bond acceptors (Lipinski definition) is 2. The molecule has 2 amide bonds. The van der Waals surface area contributed by atoms with Crippen molar-refractivity contribution < 1.29 is 9.59 Å². The van der Waals surface area contributed by atoms with Crippen LogP contribution in [0.2, 0.25) is 10.0 Å². The van der Waals surface area contributed by atoms with Crippen molar-refractivity contribution in [1.82, 2.24) is 4.90 Å². The maximum atomic E-state index is 12.4. The van der Waals surface area contributed by atoms with Crippen LogP contribution < -0.4 is 5.32 Å². The molecule has 1 atom stereocenters. The summed E-state index contributed by atoms with van der Waals surface area (Å²) in [5.41, 5.74) is 0.492. The Balaban J connectivity index is 1.66. The Kier molecular flexibility index (Phi) is 4.59. The second-order valence-electron chi connectivity index (χ2n) is 5.98. The molecule has 0 spiro atoms. The number of amides is 2. The van der Waals surface area contributed by atoms with Crippen molar-refractivity contribution in [3.8, 4) is 0 Å². The summed E-state index contributed by atoms with van der Waals surface area (Å²) in [5.74, 6) is -0.398. The lowest BCUT2D eigenvalue weighted by Crippen LogP contribution is -2.35. The molecule has 0 unspecified atom stereocenters. The molecule has 0 radical (unpaired) electrons. The van der Waals surface area contributed by atoms with Gasteiger partial charge in [-0.1, -0.05) is 42.1 Å². The summed E-state index contributed by atoms with van der Waals surface area (Å²) in [5, 5.41) is 3.52. The highest BCUT2D eigenvalue weighted by molar-refractivity contribution is 6.44.